The molecule has 1 amide bonds. The predicted molar refractivity (Wildman–Crippen MR) is 109 cm³/mol. The zero-order valence-electron chi connectivity index (χ0n) is 15.0. The Morgan fingerprint density at radius 1 is 1.00 bits per heavy atom. The van der Waals surface area contributed by atoms with Crippen LogP contribution in [0.3, 0.4) is 0 Å². The molecule has 1 aliphatic carbocycles. The van der Waals surface area contributed by atoms with Gasteiger partial charge in [-0.1, -0.05) is 23.2 Å². The maximum Gasteiger partial charge on any atom is 0.230 e. The van der Waals surface area contributed by atoms with Crippen LogP contribution in [0.4, 0.5) is 11.6 Å². The highest BCUT2D eigenvalue weighted by Gasteiger charge is 2.33. The minimum atomic E-state index is 0.0305. The molecule has 0 radical (unpaired) electrons. The maximum atomic E-state index is 13.3. The first-order valence-electron chi connectivity index (χ1n) is 9.39. The lowest BCUT2D eigenvalue weighted by molar-refractivity contribution is -0.123. The largest absolute Gasteiger partial charge is 0.341 e. The van der Waals surface area contributed by atoms with E-state index in [1.165, 1.54) is 12.8 Å². The van der Waals surface area contributed by atoms with Crippen molar-refractivity contribution in [1.82, 2.24) is 9.97 Å². The number of hydrogen-bond acceptors (Lipinski definition) is 4. The third-order valence-corrected chi connectivity index (χ3v) is 5.72. The van der Waals surface area contributed by atoms with E-state index in [0.717, 1.165) is 38.2 Å². The molecule has 2 aliphatic rings. The molecule has 0 N–H and O–H groups in total. The van der Waals surface area contributed by atoms with E-state index in [0.29, 0.717) is 21.9 Å². The third kappa shape index (κ3) is 4.53. The highest BCUT2D eigenvalue weighted by Crippen LogP contribution is 2.33. The number of amides is 1. The zero-order valence-corrected chi connectivity index (χ0v) is 16.5. The van der Waals surface area contributed by atoms with Crippen LogP contribution in [0.25, 0.3) is 0 Å². The second kappa shape index (κ2) is 8.03. The van der Waals surface area contributed by atoms with E-state index in [-0.39, 0.29) is 11.8 Å². The predicted octanol–water partition coefficient (Wildman–Crippen LogP) is 4.44. The molecule has 1 saturated heterocycles. The summed E-state index contributed by atoms with van der Waals surface area (Å²) in [7, 11) is 0. The van der Waals surface area contributed by atoms with Gasteiger partial charge in [-0.3, -0.25) is 4.79 Å². The Labute approximate surface area is 169 Å². The third-order valence-electron chi connectivity index (χ3n) is 5.28. The lowest BCUT2D eigenvalue weighted by Gasteiger charge is -2.34. The topological polar surface area (TPSA) is 49.3 Å². The number of halogens is 2. The summed E-state index contributed by atoms with van der Waals surface area (Å²) in [6.45, 7) is 2.35. The van der Waals surface area contributed by atoms with E-state index in [4.69, 9.17) is 23.2 Å². The van der Waals surface area contributed by atoms with Gasteiger partial charge in [0.2, 0.25) is 11.9 Å². The highest BCUT2D eigenvalue weighted by atomic mass is 35.5. The highest BCUT2D eigenvalue weighted by molar-refractivity contribution is 6.30. The molecule has 7 heteroatoms. The molecular formula is C20H22Cl2N4O. The van der Waals surface area contributed by atoms with Gasteiger partial charge in [0.15, 0.2) is 0 Å². The number of carbonyl (C=O) groups is 1. The van der Waals surface area contributed by atoms with Gasteiger partial charge in [-0.15, -0.1) is 0 Å². The Morgan fingerprint density at radius 3 is 2.22 bits per heavy atom. The minimum absolute atomic E-state index is 0.0305. The molecule has 1 aliphatic heterocycles. The van der Waals surface area contributed by atoms with E-state index < -0.39 is 0 Å². The van der Waals surface area contributed by atoms with Crippen molar-refractivity contribution in [2.45, 2.75) is 25.7 Å². The molecular weight excluding hydrogens is 383 g/mol. The Hall–Kier alpha value is -1.85. The summed E-state index contributed by atoms with van der Waals surface area (Å²) < 4.78 is 0. The van der Waals surface area contributed by atoms with Crippen LogP contribution in [0.15, 0.2) is 36.7 Å². The summed E-state index contributed by atoms with van der Waals surface area (Å²) in [4.78, 5) is 25.9. The van der Waals surface area contributed by atoms with Crippen molar-refractivity contribution in [1.29, 1.82) is 0 Å². The summed E-state index contributed by atoms with van der Waals surface area (Å²) >= 11 is 11.9. The standard InChI is InChI=1S/C20H22Cl2N4O/c21-16-3-5-18(6-4-16)26(13-14-1-2-14)19(27)15-7-9-25(10-8-15)20-23-11-17(22)12-24-20/h3-6,11-12,14-15H,1-2,7-10,13H2. The molecule has 2 fully saturated rings. The van der Waals surface area contributed by atoms with Crippen LogP contribution >= 0.6 is 23.2 Å². The molecule has 0 spiro atoms. The average Bonchev–Trinajstić information content (AvgIpc) is 3.51. The Morgan fingerprint density at radius 2 is 1.63 bits per heavy atom. The van der Waals surface area contributed by atoms with Gasteiger partial charge in [0.25, 0.3) is 0 Å². The van der Waals surface area contributed by atoms with Gasteiger partial charge < -0.3 is 9.80 Å². The van der Waals surface area contributed by atoms with Crippen LogP contribution < -0.4 is 9.80 Å². The number of hydrogen-bond donors (Lipinski definition) is 0. The fourth-order valence-corrected chi connectivity index (χ4v) is 3.74. The quantitative estimate of drug-likeness (QED) is 0.738. The fourth-order valence-electron chi connectivity index (χ4n) is 3.52. The Kier molecular flexibility index (Phi) is 5.50. The first kappa shape index (κ1) is 18.5. The number of rotatable bonds is 5. The van der Waals surface area contributed by atoms with Crippen LogP contribution in [0.1, 0.15) is 25.7 Å². The lowest BCUT2D eigenvalue weighted by atomic mass is 9.95. The zero-order chi connectivity index (χ0) is 18.8. The molecule has 1 aromatic carbocycles. The second-order valence-electron chi connectivity index (χ2n) is 7.33. The van der Waals surface area contributed by atoms with Crippen molar-refractivity contribution in [3.63, 3.8) is 0 Å². The molecule has 2 heterocycles. The summed E-state index contributed by atoms with van der Waals surface area (Å²) in [5.41, 5.74) is 0.944. The van der Waals surface area contributed by atoms with E-state index in [1.54, 1.807) is 12.4 Å². The molecule has 1 aromatic heterocycles. The normalized spacial score (nSPS) is 17.8. The smallest absolute Gasteiger partial charge is 0.230 e. The van der Waals surface area contributed by atoms with Crippen LogP contribution in [0, 0.1) is 11.8 Å². The number of benzene rings is 1. The number of carbonyl (C=O) groups excluding carboxylic acids is 1. The number of anilines is 2. The van der Waals surface area contributed by atoms with Crippen molar-refractivity contribution in [2.24, 2.45) is 11.8 Å². The van der Waals surface area contributed by atoms with Gasteiger partial charge in [0, 0.05) is 36.3 Å². The van der Waals surface area contributed by atoms with Crippen LogP contribution in [-0.4, -0.2) is 35.5 Å². The first-order chi connectivity index (χ1) is 13.1. The van der Waals surface area contributed by atoms with Crippen molar-refractivity contribution in [2.75, 3.05) is 29.4 Å². The minimum Gasteiger partial charge on any atom is -0.341 e. The van der Waals surface area contributed by atoms with Gasteiger partial charge in [0.05, 0.1) is 17.4 Å². The van der Waals surface area contributed by atoms with Crippen LogP contribution in [0.5, 0.6) is 0 Å². The summed E-state index contributed by atoms with van der Waals surface area (Å²) in [5, 5.41) is 1.22. The van der Waals surface area contributed by atoms with Crippen LogP contribution in [0.2, 0.25) is 10.0 Å². The van der Waals surface area contributed by atoms with Crippen molar-refractivity contribution in [3.05, 3.63) is 46.7 Å². The molecule has 5 nitrogen and oxygen atoms in total. The SMILES string of the molecule is O=C(C1CCN(c2ncc(Cl)cn2)CC1)N(CC1CC1)c1ccc(Cl)cc1. The molecule has 2 aromatic rings. The van der Waals surface area contributed by atoms with E-state index in [9.17, 15) is 4.79 Å². The second-order valence-corrected chi connectivity index (χ2v) is 8.20. The number of piperidine rings is 1. The fraction of sp³-hybridized carbons (Fsp3) is 0.450. The van der Waals surface area contributed by atoms with Crippen molar-refractivity contribution >= 4 is 40.7 Å². The van der Waals surface area contributed by atoms with Crippen molar-refractivity contribution in [3.8, 4) is 0 Å². The van der Waals surface area contributed by atoms with Gasteiger partial charge in [-0.2, -0.15) is 0 Å². The Bertz CT molecular complexity index is 785. The van der Waals surface area contributed by atoms with Gasteiger partial charge in [0.1, 0.15) is 0 Å². The molecule has 0 bridgehead atoms. The summed E-state index contributed by atoms with van der Waals surface area (Å²) in [5.74, 6) is 1.56. The summed E-state index contributed by atoms with van der Waals surface area (Å²) in [6.07, 6.45) is 7.25. The van der Waals surface area contributed by atoms with Gasteiger partial charge in [-0.25, -0.2) is 9.97 Å². The summed E-state index contributed by atoms with van der Waals surface area (Å²) in [6, 6.07) is 7.59. The van der Waals surface area contributed by atoms with E-state index >= 15 is 0 Å². The molecule has 0 unspecified atom stereocenters. The molecule has 1 saturated carbocycles. The van der Waals surface area contributed by atoms with Gasteiger partial charge in [-0.05, 0) is 55.9 Å². The number of aromatic nitrogens is 2. The van der Waals surface area contributed by atoms with Gasteiger partial charge >= 0.3 is 0 Å². The monoisotopic (exact) mass is 404 g/mol. The lowest BCUT2D eigenvalue weighted by Crippen LogP contribution is -2.44. The molecule has 142 valence electrons. The molecule has 27 heavy (non-hydrogen) atoms. The van der Waals surface area contributed by atoms with E-state index in [1.807, 2.05) is 29.2 Å². The van der Waals surface area contributed by atoms with Crippen LogP contribution in [-0.2, 0) is 4.79 Å². The number of nitrogens with zero attached hydrogens (tertiary/aromatic N) is 4. The Balaban J connectivity index is 1.43. The van der Waals surface area contributed by atoms with Crippen molar-refractivity contribution < 1.29 is 4.79 Å². The first-order valence-corrected chi connectivity index (χ1v) is 10.1. The average molecular weight is 405 g/mol. The van der Waals surface area contributed by atoms with E-state index in [2.05, 4.69) is 14.9 Å². The molecule has 4 rings (SSSR count). The molecule has 0 atom stereocenters. The maximum absolute atomic E-state index is 13.3.